The van der Waals surface area contributed by atoms with Gasteiger partial charge in [-0.15, -0.1) is 0 Å². The summed E-state index contributed by atoms with van der Waals surface area (Å²) >= 11 is 0. The molecule has 0 saturated heterocycles. The number of aryl methyl sites for hydroxylation is 1. The van der Waals surface area contributed by atoms with Gasteiger partial charge in [0.2, 0.25) is 6.43 Å². The summed E-state index contributed by atoms with van der Waals surface area (Å²) in [7, 11) is 4.75. The van der Waals surface area contributed by atoms with Crippen LogP contribution < -0.4 is 14.8 Å². The summed E-state index contributed by atoms with van der Waals surface area (Å²) < 4.78 is 40.3. The maximum Gasteiger partial charge on any atom is 0.259 e. The minimum Gasteiger partial charge on any atom is -0.496 e. The van der Waals surface area contributed by atoms with Gasteiger partial charge >= 0.3 is 0 Å². The summed E-state index contributed by atoms with van der Waals surface area (Å²) in [4.78, 5) is 17.4. The van der Waals surface area contributed by atoms with Crippen molar-refractivity contribution in [1.82, 2.24) is 24.6 Å². The number of halogens is 2. The van der Waals surface area contributed by atoms with E-state index in [4.69, 9.17) is 9.47 Å². The molecule has 1 aliphatic rings. The summed E-state index contributed by atoms with van der Waals surface area (Å²) in [6.45, 7) is 0. The lowest BCUT2D eigenvalue weighted by atomic mass is 10.1. The molecular formula is C24H23F2N5O3. The van der Waals surface area contributed by atoms with Crippen LogP contribution in [0.5, 0.6) is 11.5 Å². The van der Waals surface area contributed by atoms with Gasteiger partial charge in [0, 0.05) is 42.9 Å². The van der Waals surface area contributed by atoms with Crippen molar-refractivity contribution in [3.8, 4) is 28.3 Å². The van der Waals surface area contributed by atoms with E-state index in [0.29, 0.717) is 5.69 Å². The number of amides is 1. The highest BCUT2D eigenvalue weighted by molar-refractivity contribution is 6.00. The Morgan fingerprint density at radius 2 is 1.88 bits per heavy atom. The first kappa shape index (κ1) is 21.9. The Kier molecular flexibility index (Phi) is 5.43. The first-order valence-electron chi connectivity index (χ1n) is 10.7. The van der Waals surface area contributed by atoms with Gasteiger partial charge in [0.1, 0.15) is 23.4 Å². The van der Waals surface area contributed by atoms with E-state index in [2.05, 4.69) is 15.4 Å². The number of imidazole rings is 1. The molecule has 2 heterocycles. The van der Waals surface area contributed by atoms with Crippen LogP contribution in [-0.4, -0.2) is 51.9 Å². The van der Waals surface area contributed by atoms with E-state index in [0.717, 1.165) is 22.2 Å². The van der Waals surface area contributed by atoms with Crippen LogP contribution >= 0.6 is 0 Å². The second-order valence-electron chi connectivity index (χ2n) is 8.26. The lowest BCUT2D eigenvalue weighted by molar-refractivity contribution is 0.0920. The molecule has 0 bridgehead atoms. The Labute approximate surface area is 194 Å². The van der Waals surface area contributed by atoms with Crippen LogP contribution in [-0.2, 0) is 7.05 Å². The van der Waals surface area contributed by atoms with E-state index in [-0.39, 0.29) is 23.5 Å². The summed E-state index contributed by atoms with van der Waals surface area (Å²) in [6, 6.07) is 8.78. The highest BCUT2D eigenvalue weighted by atomic mass is 19.3. The molecule has 10 heteroatoms. The fourth-order valence-electron chi connectivity index (χ4n) is 4.13. The molecule has 1 amide bonds. The van der Waals surface area contributed by atoms with Crippen LogP contribution in [0.3, 0.4) is 0 Å². The molecule has 34 heavy (non-hydrogen) atoms. The first-order valence-corrected chi connectivity index (χ1v) is 10.7. The number of hydrogen-bond acceptors (Lipinski definition) is 5. The zero-order valence-electron chi connectivity index (χ0n) is 18.8. The van der Waals surface area contributed by atoms with E-state index in [1.165, 1.54) is 14.2 Å². The van der Waals surface area contributed by atoms with Gasteiger partial charge in [0.15, 0.2) is 0 Å². The number of aromatic nitrogens is 4. The van der Waals surface area contributed by atoms with Crippen molar-refractivity contribution in [2.75, 3.05) is 14.2 Å². The average molecular weight is 467 g/mol. The summed E-state index contributed by atoms with van der Waals surface area (Å²) in [5.74, 6) is -0.774. The molecule has 0 unspecified atom stereocenters. The predicted octanol–water partition coefficient (Wildman–Crippen LogP) is 3.83. The highest BCUT2D eigenvalue weighted by Crippen LogP contribution is 2.38. The van der Waals surface area contributed by atoms with Gasteiger partial charge in [-0.05, 0) is 24.1 Å². The molecule has 2 aromatic heterocycles. The Hall–Kier alpha value is -3.95. The molecule has 4 aromatic rings. The molecule has 1 saturated carbocycles. The van der Waals surface area contributed by atoms with Gasteiger partial charge in [0.05, 0.1) is 37.1 Å². The Bertz CT molecular complexity index is 1360. The van der Waals surface area contributed by atoms with E-state index in [9.17, 15) is 13.6 Å². The van der Waals surface area contributed by atoms with Gasteiger partial charge in [-0.25, -0.2) is 13.8 Å². The van der Waals surface area contributed by atoms with Crippen LogP contribution in [0.2, 0.25) is 0 Å². The van der Waals surface area contributed by atoms with Gasteiger partial charge in [-0.3, -0.25) is 14.0 Å². The maximum absolute atomic E-state index is 12.9. The quantitative estimate of drug-likeness (QED) is 0.447. The van der Waals surface area contributed by atoms with Crippen molar-refractivity contribution >= 4 is 16.9 Å². The number of carbonyl (C=O) groups excluding carboxylic acids is 1. The molecule has 8 nitrogen and oxygen atoms in total. The van der Waals surface area contributed by atoms with Crippen LogP contribution in [0.1, 0.15) is 16.8 Å². The van der Waals surface area contributed by atoms with Crippen molar-refractivity contribution in [2.45, 2.75) is 18.9 Å². The van der Waals surface area contributed by atoms with E-state index in [1.807, 2.05) is 36.0 Å². The molecule has 0 radical (unpaired) electrons. The number of hydrogen-bond donors (Lipinski definition) is 1. The van der Waals surface area contributed by atoms with Crippen molar-refractivity contribution in [1.29, 1.82) is 0 Å². The van der Waals surface area contributed by atoms with Crippen molar-refractivity contribution in [3.63, 3.8) is 0 Å². The summed E-state index contributed by atoms with van der Waals surface area (Å²) in [6.07, 6.45) is 3.22. The first-order chi connectivity index (χ1) is 16.4. The lowest BCUT2D eigenvalue weighted by Gasteiger charge is -2.16. The van der Waals surface area contributed by atoms with Crippen LogP contribution in [0, 0.1) is 5.92 Å². The number of alkyl halides is 2. The van der Waals surface area contributed by atoms with Crippen LogP contribution in [0.25, 0.3) is 27.8 Å². The third-order valence-electron chi connectivity index (χ3n) is 6.06. The Morgan fingerprint density at radius 1 is 1.15 bits per heavy atom. The summed E-state index contributed by atoms with van der Waals surface area (Å²) in [5, 5.41) is 6.87. The molecule has 1 fully saturated rings. The smallest absolute Gasteiger partial charge is 0.259 e. The molecule has 0 aliphatic heterocycles. The molecule has 1 N–H and O–H groups in total. The number of methoxy groups -OCH3 is 2. The molecule has 2 atom stereocenters. The van der Waals surface area contributed by atoms with Gasteiger partial charge in [-0.2, -0.15) is 5.10 Å². The average Bonchev–Trinajstić information content (AvgIpc) is 3.26. The second-order valence-corrected chi connectivity index (χ2v) is 8.26. The SMILES string of the molecule is COc1cc(-n2cnc3cc(-c4cnn(C)c4)ccc32)cc(OC)c1C(=O)N[C@@H]1C[C@@H]1C(F)F. The van der Waals surface area contributed by atoms with Crippen molar-refractivity contribution in [3.05, 3.63) is 54.6 Å². The van der Waals surface area contributed by atoms with Gasteiger partial charge in [-0.1, -0.05) is 6.07 Å². The number of nitrogens with zero attached hydrogens (tertiary/aromatic N) is 4. The number of nitrogens with one attached hydrogen (secondary N) is 1. The molecule has 176 valence electrons. The van der Waals surface area contributed by atoms with Crippen LogP contribution in [0.15, 0.2) is 49.1 Å². The highest BCUT2D eigenvalue weighted by Gasteiger charge is 2.45. The number of carbonyl (C=O) groups is 1. The van der Waals surface area contributed by atoms with E-state index >= 15 is 0 Å². The van der Waals surface area contributed by atoms with Gasteiger partial charge < -0.3 is 14.8 Å². The standard InChI is InChI=1S/C24H23F2N5O3/c1-30-11-14(10-28-30)13-4-5-19-18(6-13)27-12-31(19)15-7-20(33-2)22(21(8-15)34-3)24(32)29-17-9-16(17)23(25)26/h4-8,10-12,16-17,23H,9H2,1-3H3,(H,29,32)/t16-,17+/m0/s1. The second kappa shape index (κ2) is 8.44. The van der Waals surface area contributed by atoms with E-state index < -0.39 is 24.3 Å². The lowest BCUT2D eigenvalue weighted by Crippen LogP contribution is -2.28. The zero-order chi connectivity index (χ0) is 24.0. The monoisotopic (exact) mass is 467 g/mol. The Balaban J connectivity index is 1.50. The summed E-state index contributed by atoms with van der Waals surface area (Å²) in [5.41, 5.74) is 4.47. The Morgan fingerprint density at radius 3 is 2.47 bits per heavy atom. The van der Waals surface area contributed by atoms with Crippen molar-refractivity contribution in [2.24, 2.45) is 13.0 Å². The number of rotatable bonds is 7. The predicted molar refractivity (Wildman–Crippen MR) is 122 cm³/mol. The largest absolute Gasteiger partial charge is 0.496 e. The van der Waals surface area contributed by atoms with Gasteiger partial charge in [0.25, 0.3) is 5.91 Å². The van der Waals surface area contributed by atoms with Crippen molar-refractivity contribution < 1.29 is 23.0 Å². The normalized spacial score (nSPS) is 17.2. The molecule has 0 spiro atoms. The maximum atomic E-state index is 12.9. The third kappa shape index (κ3) is 3.85. The number of ether oxygens (including phenoxy) is 2. The fourth-order valence-corrected chi connectivity index (χ4v) is 4.13. The number of fused-ring (bicyclic) bond motifs is 1. The van der Waals surface area contributed by atoms with Crippen LogP contribution in [0.4, 0.5) is 8.78 Å². The molecule has 1 aliphatic carbocycles. The molecule has 5 rings (SSSR count). The number of benzene rings is 2. The topological polar surface area (TPSA) is 83.2 Å². The minimum absolute atomic E-state index is 0.164. The zero-order valence-corrected chi connectivity index (χ0v) is 18.8. The van der Waals surface area contributed by atoms with E-state index in [1.54, 1.807) is 29.3 Å². The fraction of sp³-hybridized carbons (Fsp3) is 0.292. The molecule has 2 aromatic carbocycles. The molecular weight excluding hydrogens is 444 g/mol. The third-order valence-corrected chi connectivity index (χ3v) is 6.06. The minimum atomic E-state index is -2.45.